The SMILES string of the molecule is CCOc1ccccc1NC(=O)Nc1nc(-c2cc3ccccc3o2)cs1. The third-order valence-corrected chi connectivity index (χ3v) is 4.60. The fourth-order valence-electron chi connectivity index (χ4n) is 2.65. The van der Waals surface area contributed by atoms with Gasteiger partial charge in [-0.3, -0.25) is 5.32 Å². The van der Waals surface area contributed by atoms with Crippen molar-refractivity contribution in [2.24, 2.45) is 0 Å². The van der Waals surface area contributed by atoms with Crippen LogP contribution < -0.4 is 15.4 Å². The molecule has 0 unspecified atom stereocenters. The van der Waals surface area contributed by atoms with Crippen LogP contribution in [0.4, 0.5) is 15.6 Å². The van der Waals surface area contributed by atoms with Gasteiger partial charge >= 0.3 is 6.03 Å². The van der Waals surface area contributed by atoms with Crippen molar-refractivity contribution in [3.05, 3.63) is 60.0 Å². The lowest BCUT2D eigenvalue weighted by Crippen LogP contribution is -2.19. The number of aromatic nitrogens is 1. The highest BCUT2D eigenvalue weighted by atomic mass is 32.1. The molecule has 0 fully saturated rings. The number of urea groups is 1. The number of amides is 2. The Morgan fingerprint density at radius 2 is 1.96 bits per heavy atom. The summed E-state index contributed by atoms with van der Waals surface area (Å²) in [5, 5.41) is 8.87. The van der Waals surface area contributed by atoms with Crippen molar-refractivity contribution in [2.75, 3.05) is 17.2 Å². The highest BCUT2D eigenvalue weighted by Crippen LogP contribution is 2.30. The third kappa shape index (κ3) is 3.78. The first-order valence-electron chi connectivity index (χ1n) is 8.47. The second kappa shape index (κ2) is 7.51. The number of carbonyl (C=O) groups excluding carboxylic acids is 1. The molecule has 4 aromatic rings. The van der Waals surface area contributed by atoms with Gasteiger partial charge in [-0.1, -0.05) is 30.3 Å². The van der Waals surface area contributed by atoms with Crippen molar-refractivity contribution in [3.8, 4) is 17.2 Å². The average molecular weight is 379 g/mol. The summed E-state index contributed by atoms with van der Waals surface area (Å²) in [6.45, 7) is 2.42. The van der Waals surface area contributed by atoms with Crippen molar-refractivity contribution >= 4 is 39.2 Å². The van der Waals surface area contributed by atoms with Gasteiger partial charge in [0.25, 0.3) is 0 Å². The molecule has 0 aliphatic heterocycles. The van der Waals surface area contributed by atoms with E-state index in [9.17, 15) is 4.79 Å². The van der Waals surface area contributed by atoms with E-state index >= 15 is 0 Å². The van der Waals surface area contributed by atoms with Crippen molar-refractivity contribution < 1.29 is 13.9 Å². The molecule has 27 heavy (non-hydrogen) atoms. The van der Waals surface area contributed by atoms with E-state index < -0.39 is 0 Å². The first-order chi connectivity index (χ1) is 13.2. The number of hydrogen-bond acceptors (Lipinski definition) is 5. The topological polar surface area (TPSA) is 76.4 Å². The number of benzene rings is 2. The van der Waals surface area contributed by atoms with Crippen molar-refractivity contribution in [1.29, 1.82) is 0 Å². The molecule has 2 aromatic carbocycles. The number of para-hydroxylation sites is 3. The third-order valence-electron chi connectivity index (χ3n) is 3.84. The highest BCUT2D eigenvalue weighted by Gasteiger charge is 2.13. The Bertz CT molecular complexity index is 1050. The van der Waals surface area contributed by atoms with Crippen LogP contribution in [-0.2, 0) is 0 Å². The zero-order chi connectivity index (χ0) is 18.6. The van der Waals surface area contributed by atoms with Gasteiger partial charge in [0.1, 0.15) is 17.0 Å². The Hall–Kier alpha value is -3.32. The van der Waals surface area contributed by atoms with Crippen LogP contribution in [0, 0.1) is 0 Å². The molecule has 2 amide bonds. The zero-order valence-corrected chi connectivity index (χ0v) is 15.4. The summed E-state index contributed by atoms with van der Waals surface area (Å²) in [7, 11) is 0. The van der Waals surface area contributed by atoms with E-state index in [0.717, 1.165) is 11.0 Å². The standard InChI is InChI=1S/C20H17N3O3S/c1-2-25-17-10-6-4-8-14(17)21-19(24)23-20-22-15(12-27-20)18-11-13-7-3-5-9-16(13)26-18/h3-12H,2H2,1H3,(H2,21,22,23,24). The van der Waals surface area contributed by atoms with Gasteiger partial charge in [0.2, 0.25) is 0 Å². The molecule has 136 valence electrons. The summed E-state index contributed by atoms with van der Waals surface area (Å²) in [6, 6.07) is 16.6. The lowest BCUT2D eigenvalue weighted by molar-refractivity contribution is 0.262. The lowest BCUT2D eigenvalue weighted by Gasteiger charge is -2.11. The molecule has 0 spiro atoms. The molecular weight excluding hydrogens is 362 g/mol. The number of nitrogens with zero attached hydrogens (tertiary/aromatic N) is 1. The van der Waals surface area contributed by atoms with Gasteiger partial charge in [0.05, 0.1) is 12.3 Å². The van der Waals surface area contributed by atoms with Crippen LogP contribution in [0.3, 0.4) is 0 Å². The Labute approximate surface area is 159 Å². The van der Waals surface area contributed by atoms with Gasteiger partial charge in [-0.2, -0.15) is 0 Å². The fourth-order valence-corrected chi connectivity index (χ4v) is 3.35. The van der Waals surface area contributed by atoms with Crippen LogP contribution >= 0.6 is 11.3 Å². The molecule has 0 saturated carbocycles. The fraction of sp³-hybridized carbons (Fsp3) is 0.100. The normalized spacial score (nSPS) is 10.7. The maximum Gasteiger partial charge on any atom is 0.325 e. The van der Waals surface area contributed by atoms with Gasteiger partial charge in [-0.05, 0) is 31.2 Å². The molecule has 2 N–H and O–H groups in total. The zero-order valence-electron chi connectivity index (χ0n) is 14.6. The molecule has 0 atom stereocenters. The highest BCUT2D eigenvalue weighted by molar-refractivity contribution is 7.14. The van der Waals surface area contributed by atoms with E-state index in [4.69, 9.17) is 9.15 Å². The van der Waals surface area contributed by atoms with Crippen LogP contribution in [0.5, 0.6) is 5.75 Å². The first-order valence-corrected chi connectivity index (χ1v) is 9.35. The summed E-state index contributed by atoms with van der Waals surface area (Å²) < 4.78 is 11.3. The molecular formula is C20H17N3O3S. The number of thiazole rings is 1. The summed E-state index contributed by atoms with van der Waals surface area (Å²) >= 11 is 1.33. The van der Waals surface area contributed by atoms with Crippen molar-refractivity contribution in [2.45, 2.75) is 6.92 Å². The first kappa shape index (κ1) is 17.1. The van der Waals surface area contributed by atoms with Gasteiger partial charge in [-0.25, -0.2) is 9.78 Å². The molecule has 2 heterocycles. The van der Waals surface area contributed by atoms with Gasteiger partial charge < -0.3 is 14.5 Å². The molecule has 7 heteroatoms. The van der Waals surface area contributed by atoms with Gasteiger partial charge in [0, 0.05) is 10.8 Å². The molecule has 0 radical (unpaired) electrons. The largest absolute Gasteiger partial charge is 0.492 e. The smallest absolute Gasteiger partial charge is 0.325 e. The van der Waals surface area contributed by atoms with E-state index in [0.29, 0.717) is 34.6 Å². The monoisotopic (exact) mass is 379 g/mol. The Morgan fingerprint density at radius 1 is 1.15 bits per heavy atom. The molecule has 0 saturated heterocycles. The molecule has 0 bridgehead atoms. The van der Waals surface area contributed by atoms with Gasteiger partial charge in [0.15, 0.2) is 10.9 Å². The number of anilines is 2. The second-order valence-electron chi connectivity index (χ2n) is 5.69. The lowest BCUT2D eigenvalue weighted by atomic mass is 10.2. The van der Waals surface area contributed by atoms with Gasteiger partial charge in [-0.15, -0.1) is 11.3 Å². The van der Waals surface area contributed by atoms with E-state index in [-0.39, 0.29) is 6.03 Å². The number of carbonyl (C=O) groups is 1. The predicted octanol–water partition coefficient (Wildman–Crippen LogP) is 5.60. The predicted molar refractivity (Wildman–Crippen MR) is 108 cm³/mol. The van der Waals surface area contributed by atoms with E-state index in [1.54, 1.807) is 6.07 Å². The molecule has 6 nitrogen and oxygen atoms in total. The number of furan rings is 1. The number of rotatable bonds is 5. The Morgan fingerprint density at radius 3 is 2.81 bits per heavy atom. The summed E-state index contributed by atoms with van der Waals surface area (Å²) in [5.74, 6) is 1.29. The van der Waals surface area contributed by atoms with Crippen LogP contribution in [-0.4, -0.2) is 17.6 Å². The minimum absolute atomic E-state index is 0.382. The number of ether oxygens (including phenoxy) is 1. The summed E-state index contributed by atoms with van der Waals surface area (Å²) in [4.78, 5) is 16.7. The van der Waals surface area contributed by atoms with E-state index in [1.165, 1.54) is 11.3 Å². The van der Waals surface area contributed by atoms with Crippen LogP contribution in [0.2, 0.25) is 0 Å². The summed E-state index contributed by atoms with van der Waals surface area (Å²) in [5.41, 5.74) is 2.09. The second-order valence-corrected chi connectivity index (χ2v) is 6.55. The van der Waals surface area contributed by atoms with Crippen LogP contribution in [0.1, 0.15) is 6.92 Å². The average Bonchev–Trinajstić information content (AvgIpc) is 3.30. The molecule has 0 aliphatic rings. The van der Waals surface area contributed by atoms with E-state index in [1.807, 2.05) is 60.8 Å². The maximum atomic E-state index is 12.3. The van der Waals surface area contributed by atoms with E-state index in [2.05, 4.69) is 15.6 Å². The van der Waals surface area contributed by atoms with Crippen LogP contribution in [0.15, 0.2) is 64.4 Å². The summed E-state index contributed by atoms with van der Waals surface area (Å²) in [6.07, 6.45) is 0. The van der Waals surface area contributed by atoms with Crippen molar-refractivity contribution in [1.82, 2.24) is 4.98 Å². The quantitative estimate of drug-likeness (QED) is 0.473. The molecule has 4 rings (SSSR count). The molecule has 2 aromatic heterocycles. The molecule has 0 aliphatic carbocycles. The minimum Gasteiger partial charge on any atom is -0.492 e. The maximum absolute atomic E-state index is 12.3. The Kier molecular flexibility index (Phi) is 4.76. The number of fused-ring (bicyclic) bond motifs is 1. The van der Waals surface area contributed by atoms with Crippen LogP contribution in [0.25, 0.3) is 22.4 Å². The minimum atomic E-state index is -0.382. The number of nitrogens with one attached hydrogen (secondary N) is 2. The Balaban J connectivity index is 1.47. The van der Waals surface area contributed by atoms with Crippen molar-refractivity contribution in [3.63, 3.8) is 0 Å². The number of hydrogen-bond donors (Lipinski definition) is 2.